The van der Waals surface area contributed by atoms with Gasteiger partial charge >= 0.3 is 0 Å². The molecule has 1 aliphatic rings. The van der Waals surface area contributed by atoms with Gasteiger partial charge in [-0.2, -0.15) is 0 Å². The van der Waals surface area contributed by atoms with Gasteiger partial charge in [0.2, 0.25) is 0 Å². The highest BCUT2D eigenvalue weighted by Crippen LogP contribution is 2.35. The minimum Gasteiger partial charge on any atom is -0.360 e. The van der Waals surface area contributed by atoms with Gasteiger partial charge < -0.3 is 9.42 Å². The molecule has 1 atom stereocenters. The fourth-order valence-corrected chi connectivity index (χ4v) is 3.55. The van der Waals surface area contributed by atoms with Gasteiger partial charge in [0.1, 0.15) is 22.8 Å². The number of aromatic nitrogens is 1. The molecule has 2 heterocycles. The summed E-state index contributed by atoms with van der Waals surface area (Å²) in [5, 5.41) is 4.10. The summed E-state index contributed by atoms with van der Waals surface area (Å²) < 4.78 is 19.2. The number of carbonyl (C=O) groups excluding carboxylic acids is 1. The Morgan fingerprint density at radius 2 is 2.00 bits per heavy atom. The molecule has 0 fully saturated rings. The van der Waals surface area contributed by atoms with Crippen LogP contribution in [0.25, 0.3) is 11.3 Å². The van der Waals surface area contributed by atoms with E-state index in [-0.39, 0.29) is 17.8 Å². The lowest BCUT2D eigenvalue weighted by Crippen LogP contribution is -2.42. The Labute approximate surface area is 151 Å². The normalized spacial score (nSPS) is 16.4. The van der Waals surface area contributed by atoms with Crippen LogP contribution in [0.5, 0.6) is 0 Å². The van der Waals surface area contributed by atoms with E-state index in [4.69, 9.17) is 4.52 Å². The molecule has 0 spiro atoms. The Hall–Kier alpha value is -2.95. The van der Waals surface area contributed by atoms with E-state index < -0.39 is 0 Å². The highest BCUT2D eigenvalue weighted by molar-refractivity contribution is 6.11. The van der Waals surface area contributed by atoms with E-state index in [1.165, 1.54) is 12.1 Å². The minimum atomic E-state index is -0.346. The van der Waals surface area contributed by atoms with Crippen molar-refractivity contribution in [3.05, 3.63) is 71.2 Å². The number of carbonyl (C=O) groups is 1. The molecule has 26 heavy (non-hydrogen) atoms. The van der Waals surface area contributed by atoms with Crippen molar-refractivity contribution in [3.63, 3.8) is 0 Å². The first-order valence-electron chi connectivity index (χ1n) is 8.70. The van der Waals surface area contributed by atoms with E-state index in [0.29, 0.717) is 22.7 Å². The zero-order chi connectivity index (χ0) is 18.3. The number of rotatable bonds is 2. The summed E-state index contributed by atoms with van der Waals surface area (Å²) in [5.41, 5.74) is 3.38. The monoisotopic (exact) mass is 350 g/mol. The van der Waals surface area contributed by atoms with Crippen molar-refractivity contribution < 1.29 is 13.7 Å². The van der Waals surface area contributed by atoms with Gasteiger partial charge in [0.15, 0.2) is 0 Å². The molecule has 1 aliphatic heterocycles. The molecule has 1 amide bonds. The maximum atomic E-state index is 13.9. The predicted octanol–water partition coefficient (Wildman–Crippen LogP) is 4.77. The minimum absolute atomic E-state index is 0.0327. The Bertz CT molecular complexity index is 965. The summed E-state index contributed by atoms with van der Waals surface area (Å²) in [6.45, 7) is 3.71. The van der Waals surface area contributed by atoms with E-state index in [0.717, 1.165) is 24.0 Å². The van der Waals surface area contributed by atoms with Gasteiger partial charge in [0.05, 0.1) is 5.69 Å². The lowest BCUT2D eigenvalue weighted by atomic mass is 9.95. The number of hydrogen-bond donors (Lipinski definition) is 0. The molecule has 0 saturated carbocycles. The summed E-state index contributed by atoms with van der Waals surface area (Å²) in [5.74, 6) is -0.0905. The lowest BCUT2D eigenvalue weighted by Gasteiger charge is -2.35. The topological polar surface area (TPSA) is 46.3 Å². The average molecular weight is 350 g/mol. The Kier molecular flexibility index (Phi) is 4.07. The van der Waals surface area contributed by atoms with Crippen molar-refractivity contribution in [2.45, 2.75) is 32.7 Å². The van der Waals surface area contributed by atoms with Crippen LogP contribution in [0, 0.1) is 12.7 Å². The Morgan fingerprint density at radius 3 is 2.77 bits per heavy atom. The van der Waals surface area contributed by atoms with Crippen molar-refractivity contribution in [3.8, 4) is 11.3 Å². The predicted molar refractivity (Wildman–Crippen MR) is 97.7 cm³/mol. The number of amides is 1. The molecule has 3 aromatic rings. The standard InChI is InChI=1S/C21H19FN2O2/c1-13-8-9-15-10-11-17(22)12-18(15)24(13)21(25)19-14(2)26-23-20(19)16-6-4-3-5-7-16/h3-7,10-13H,8-9H2,1-2H3. The molecular weight excluding hydrogens is 331 g/mol. The summed E-state index contributed by atoms with van der Waals surface area (Å²) in [7, 11) is 0. The Morgan fingerprint density at radius 1 is 1.23 bits per heavy atom. The summed E-state index contributed by atoms with van der Waals surface area (Å²) in [4.78, 5) is 15.1. The second kappa shape index (κ2) is 6.41. The van der Waals surface area contributed by atoms with Crippen LogP contribution in [0.4, 0.5) is 10.1 Å². The lowest BCUT2D eigenvalue weighted by molar-refractivity contribution is 0.0974. The quantitative estimate of drug-likeness (QED) is 0.669. The van der Waals surface area contributed by atoms with Gasteiger partial charge in [-0.25, -0.2) is 4.39 Å². The first-order chi connectivity index (χ1) is 12.6. The molecule has 4 nitrogen and oxygen atoms in total. The molecular formula is C21H19FN2O2. The number of hydrogen-bond acceptors (Lipinski definition) is 3. The number of aryl methyl sites for hydroxylation is 2. The molecule has 0 bridgehead atoms. The largest absolute Gasteiger partial charge is 0.360 e. The zero-order valence-electron chi connectivity index (χ0n) is 14.7. The molecule has 132 valence electrons. The molecule has 2 aromatic carbocycles. The molecule has 0 radical (unpaired) electrons. The second-order valence-electron chi connectivity index (χ2n) is 6.66. The third kappa shape index (κ3) is 2.69. The fourth-order valence-electron chi connectivity index (χ4n) is 3.55. The van der Waals surface area contributed by atoms with Gasteiger partial charge in [-0.1, -0.05) is 41.6 Å². The third-order valence-electron chi connectivity index (χ3n) is 4.92. The van der Waals surface area contributed by atoms with Gasteiger partial charge in [0, 0.05) is 11.6 Å². The van der Waals surface area contributed by atoms with Crippen LogP contribution < -0.4 is 4.90 Å². The average Bonchev–Trinajstić information content (AvgIpc) is 3.03. The maximum Gasteiger partial charge on any atom is 0.264 e. The van der Waals surface area contributed by atoms with E-state index >= 15 is 0 Å². The summed E-state index contributed by atoms with van der Waals surface area (Å²) in [6, 6.07) is 14.1. The van der Waals surface area contributed by atoms with Crippen LogP contribution in [-0.2, 0) is 6.42 Å². The fraction of sp³-hybridized carbons (Fsp3) is 0.238. The van der Waals surface area contributed by atoms with E-state index in [9.17, 15) is 9.18 Å². The number of anilines is 1. The van der Waals surface area contributed by atoms with E-state index in [1.807, 2.05) is 37.3 Å². The van der Waals surface area contributed by atoms with E-state index in [2.05, 4.69) is 5.16 Å². The summed E-state index contributed by atoms with van der Waals surface area (Å²) >= 11 is 0. The molecule has 5 heteroatoms. The number of nitrogens with zero attached hydrogens (tertiary/aromatic N) is 2. The van der Waals surface area contributed by atoms with Crippen molar-refractivity contribution in [1.82, 2.24) is 5.16 Å². The van der Waals surface area contributed by atoms with Crippen LogP contribution in [0.15, 0.2) is 53.1 Å². The van der Waals surface area contributed by atoms with Gasteiger partial charge in [-0.15, -0.1) is 0 Å². The first kappa shape index (κ1) is 16.5. The van der Waals surface area contributed by atoms with Crippen LogP contribution >= 0.6 is 0 Å². The number of benzene rings is 2. The molecule has 1 aromatic heterocycles. The van der Waals surface area contributed by atoms with E-state index in [1.54, 1.807) is 17.9 Å². The smallest absolute Gasteiger partial charge is 0.264 e. The molecule has 0 saturated heterocycles. The van der Waals surface area contributed by atoms with Crippen LogP contribution in [0.2, 0.25) is 0 Å². The van der Waals surface area contributed by atoms with Gasteiger partial charge in [-0.3, -0.25) is 4.79 Å². The number of fused-ring (bicyclic) bond motifs is 1. The molecule has 0 N–H and O–H groups in total. The van der Waals surface area contributed by atoms with Crippen molar-refractivity contribution in [1.29, 1.82) is 0 Å². The third-order valence-corrected chi connectivity index (χ3v) is 4.92. The van der Waals surface area contributed by atoms with Gasteiger partial charge in [-0.05, 0) is 44.4 Å². The molecule has 4 rings (SSSR count). The van der Waals surface area contributed by atoms with Gasteiger partial charge in [0.25, 0.3) is 5.91 Å². The van der Waals surface area contributed by atoms with Crippen molar-refractivity contribution in [2.24, 2.45) is 0 Å². The Balaban J connectivity index is 1.83. The van der Waals surface area contributed by atoms with Crippen LogP contribution in [-0.4, -0.2) is 17.1 Å². The van der Waals surface area contributed by atoms with Crippen LogP contribution in [0.1, 0.15) is 35.0 Å². The summed E-state index contributed by atoms with van der Waals surface area (Å²) in [6.07, 6.45) is 1.66. The zero-order valence-corrected chi connectivity index (χ0v) is 14.7. The van der Waals surface area contributed by atoms with Crippen LogP contribution in [0.3, 0.4) is 0 Å². The highest BCUT2D eigenvalue weighted by atomic mass is 19.1. The van der Waals surface area contributed by atoms with Crippen molar-refractivity contribution >= 4 is 11.6 Å². The highest BCUT2D eigenvalue weighted by Gasteiger charge is 2.33. The molecule has 0 aliphatic carbocycles. The first-order valence-corrected chi connectivity index (χ1v) is 8.70. The SMILES string of the molecule is Cc1onc(-c2ccccc2)c1C(=O)N1c2cc(F)ccc2CCC1C. The second-order valence-corrected chi connectivity index (χ2v) is 6.66. The van der Waals surface area contributed by atoms with Crippen molar-refractivity contribution in [2.75, 3.05) is 4.90 Å². The number of halogens is 1. The molecule has 1 unspecified atom stereocenters. The maximum absolute atomic E-state index is 13.9.